The molecule has 0 saturated carbocycles. The number of rotatable bonds is 2. The third kappa shape index (κ3) is 1.68. The highest BCUT2D eigenvalue weighted by atomic mass is 35.5. The molecule has 1 aromatic rings. The van der Waals surface area contributed by atoms with Crippen LogP contribution in [0.5, 0.6) is 0 Å². The van der Waals surface area contributed by atoms with E-state index >= 15 is 0 Å². The molecule has 3 nitrogen and oxygen atoms in total. The van der Waals surface area contributed by atoms with Gasteiger partial charge in [0.25, 0.3) is 0 Å². The molecule has 4 heteroatoms. The molecule has 1 rings (SSSR count). The zero-order valence-corrected chi connectivity index (χ0v) is 5.97. The first-order chi connectivity index (χ1) is 4.33. The van der Waals surface area contributed by atoms with Gasteiger partial charge in [-0.2, -0.15) is 15.0 Å². The Labute approximate surface area is 58.6 Å². The SMILES string of the molecule is Cn1ncc(CCCl)n1. The van der Waals surface area contributed by atoms with Crippen molar-refractivity contribution in [2.45, 2.75) is 6.42 Å². The van der Waals surface area contributed by atoms with Gasteiger partial charge in [0.2, 0.25) is 0 Å². The van der Waals surface area contributed by atoms with Crippen molar-refractivity contribution in [3.8, 4) is 0 Å². The highest BCUT2D eigenvalue weighted by Crippen LogP contribution is 1.92. The molecule has 0 N–H and O–H groups in total. The number of halogens is 1. The summed E-state index contributed by atoms with van der Waals surface area (Å²) in [6.45, 7) is 0. The van der Waals surface area contributed by atoms with Gasteiger partial charge in [-0.1, -0.05) is 0 Å². The van der Waals surface area contributed by atoms with E-state index in [1.807, 2.05) is 0 Å². The zero-order valence-electron chi connectivity index (χ0n) is 5.21. The van der Waals surface area contributed by atoms with E-state index < -0.39 is 0 Å². The van der Waals surface area contributed by atoms with Crippen molar-refractivity contribution in [3.05, 3.63) is 11.9 Å². The summed E-state index contributed by atoms with van der Waals surface area (Å²) in [5.74, 6) is 0.610. The molecule has 0 aliphatic rings. The molecule has 0 bridgehead atoms. The van der Waals surface area contributed by atoms with Crippen LogP contribution >= 0.6 is 11.6 Å². The summed E-state index contributed by atoms with van der Waals surface area (Å²) < 4.78 is 0. The van der Waals surface area contributed by atoms with Crippen LogP contribution in [0.3, 0.4) is 0 Å². The van der Waals surface area contributed by atoms with Crippen LogP contribution in [0, 0.1) is 0 Å². The van der Waals surface area contributed by atoms with Crippen molar-refractivity contribution in [2.24, 2.45) is 7.05 Å². The summed E-state index contributed by atoms with van der Waals surface area (Å²) in [5, 5.41) is 7.90. The molecular formula is C5H8ClN3. The van der Waals surface area contributed by atoms with E-state index in [9.17, 15) is 0 Å². The van der Waals surface area contributed by atoms with Crippen molar-refractivity contribution in [1.29, 1.82) is 0 Å². The minimum Gasteiger partial charge on any atom is -0.188 e. The van der Waals surface area contributed by atoms with Crippen LogP contribution in [0.4, 0.5) is 0 Å². The van der Waals surface area contributed by atoms with Crippen LogP contribution in [-0.2, 0) is 13.5 Å². The normalized spacial score (nSPS) is 10.0. The van der Waals surface area contributed by atoms with Gasteiger partial charge in [-0.05, 0) is 0 Å². The molecule has 0 aliphatic carbocycles. The lowest BCUT2D eigenvalue weighted by molar-refractivity contribution is 0.646. The average Bonchev–Trinajstić information content (AvgIpc) is 2.17. The van der Waals surface area contributed by atoms with Crippen LogP contribution in [0.25, 0.3) is 0 Å². The zero-order chi connectivity index (χ0) is 6.69. The van der Waals surface area contributed by atoms with Gasteiger partial charge >= 0.3 is 0 Å². The van der Waals surface area contributed by atoms with Gasteiger partial charge < -0.3 is 0 Å². The number of hydrogen-bond acceptors (Lipinski definition) is 2. The lowest BCUT2D eigenvalue weighted by Gasteiger charge is -1.84. The predicted octanol–water partition coefficient (Wildman–Crippen LogP) is 0.596. The molecule has 0 atom stereocenters. The van der Waals surface area contributed by atoms with Gasteiger partial charge in [0.15, 0.2) is 0 Å². The Morgan fingerprint density at radius 3 is 3.00 bits per heavy atom. The molecule has 0 saturated heterocycles. The number of nitrogens with zero attached hydrogens (tertiary/aromatic N) is 3. The van der Waals surface area contributed by atoms with Crippen LogP contribution in [0.15, 0.2) is 6.20 Å². The first kappa shape index (κ1) is 6.55. The summed E-state index contributed by atoms with van der Waals surface area (Å²) in [4.78, 5) is 1.53. The quantitative estimate of drug-likeness (QED) is 0.571. The second-order valence-corrected chi connectivity index (χ2v) is 2.14. The van der Waals surface area contributed by atoms with E-state index in [0.29, 0.717) is 5.88 Å². The number of aromatic nitrogens is 3. The monoisotopic (exact) mass is 145 g/mol. The maximum atomic E-state index is 5.47. The van der Waals surface area contributed by atoms with Crippen LogP contribution < -0.4 is 0 Å². The molecule has 1 heterocycles. The van der Waals surface area contributed by atoms with E-state index in [1.165, 1.54) is 4.80 Å². The number of alkyl halides is 1. The maximum Gasteiger partial charge on any atom is 0.0838 e. The molecule has 9 heavy (non-hydrogen) atoms. The Balaban J connectivity index is 2.61. The third-order valence-corrected chi connectivity index (χ3v) is 1.19. The van der Waals surface area contributed by atoms with Gasteiger partial charge in [0.1, 0.15) is 0 Å². The van der Waals surface area contributed by atoms with Gasteiger partial charge in [-0.25, -0.2) is 0 Å². The second kappa shape index (κ2) is 2.82. The Bertz CT molecular complexity index is 184. The Morgan fingerprint density at radius 1 is 1.78 bits per heavy atom. The van der Waals surface area contributed by atoms with Crippen LogP contribution in [0.1, 0.15) is 5.69 Å². The summed E-state index contributed by atoms with van der Waals surface area (Å²) in [6.07, 6.45) is 2.53. The summed E-state index contributed by atoms with van der Waals surface area (Å²) >= 11 is 5.47. The molecule has 0 fully saturated rings. The lowest BCUT2D eigenvalue weighted by atomic mass is 10.4. The molecule has 0 aliphatic heterocycles. The van der Waals surface area contributed by atoms with Gasteiger partial charge in [0.05, 0.1) is 11.9 Å². The second-order valence-electron chi connectivity index (χ2n) is 1.76. The summed E-state index contributed by atoms with van der Waals surface area (Å²) in [6, 6.07) is 0. The maximum absolute atomic E-state index is 5.47. The minimum absolute atomic E-state index is 0.610. The molecule has 50 valence electrons. The Morgan fingerprint density at radius 2 is 2.56 bits per heavy atom. The summed E-state index contributed by atoms with van der Waals surface area (Å²) in [7, 11) is 1.79. The van der Waals surface area contributed by atoms with Gasteiger partial charge in [-0.15, -0.1) is 11.6 Å². The highest BCUT2D eigenvalue weighted by Gasteiger charge is 1.93. The summed E-state index contributed by atoms with van der Waals surface area (Å²) in [5.41, 5.74) is 0.951. The Kier molecular flexibility index (Phi) is 2.05. The molecular weight excluding hydrogens is 138 g/mol. The van der Waals surface area contributed by atoms with E-state index in [1.54, 1.807) is 13.2 Å². The van der Waals surface area contributed by atoms with E-state index in [2.05, 4.69) is 10.2 Å². The lowest BCUT2D eigenvalue weighted by Crippen LogP contribution is -1.93. The third-order valence-electron chi connectivity index (χ3n) is 0.998. The average molecular weight is 146 g/mol. The fraction of sp³-hybridized carbons (Fsp3) is 0.600. The first-order valence-corrected chi connectivity index (χ1v) is 3.27. The van der Waals surface area contributed by atoms with E-state index in [-0.39, 0.29) is 0 Å². The topological polar surface area (TPSA) is 30.7 Å². The molecule has 0 amide bonds. The van der Waals surface area contributed by atoms with Crippen molar-refractivity contribution in [3.63, 3.8) is 0 Å². The van der Waals surface area contributed by atoms with Crippen molar-refractivity contribution in [1.82, 2.24) is 15.0 Å². The largest absolute Gasteiger partial charge is 0.188 e. The predicted molar refractivity (Wildman–Crippen MR) is 35.4 cm³/mol. The van der Waals surface area contributed by atoms with Gasteiger partial charge in [-0.3, -0.25) is 0 Å². The highest BCUT2D eigenvalue weighted by molar-refractivity contribution is 6.17. The first-order valence-electron chi connectivity index (χ1n) is 2.74. The number of aryl methyl sites for hydroxylation is 2. The van der Waals surface area contributed by atoms with Crippen LogP contribution in [-0.4, -0.2) is 20.9 Å². The molecule has 1 aromatic heterocycles. The van der Waals surface area contributed by atoms with E-state index in [0.717, 1.165) is 12.1 Å². The van der Waals surface area contributed by atoms with Crippen molar-refractivity contribution < 1.29 is 0 Å². The fourth-order valence-electron chi connectivity index (χ4n) is 0.599. The molecule has 0 aromatic carbocycles. The number of hydrogen-bond donors (Lipinski definition) is 0. The van der Waals surface area contributed by atoms with Crippen molar-refractivity contribution >= 4 is 11.6 Å². The smallest absolute Gasteiger partial charge is 0.0838 e. The fourth-order valence-corrected chi connectivity index (χ4v) is 0.793. The van der Waals surface area contributed by atoms with Crippen LogP contribution in [0.2, 0.25) is 0 Å². The standard InChI is InChI=1S/C5H8ClN3/c1-9-7-4-5(8-9)2-3-6/h4H,2-3H2,1H3. The van der Waals surface area contributed by atoms with Gasteiger partial charge in [0, 0.05) is 19.3 Å². The van der Waals surface area contributed by atoms with Crippen molar-refractivity contribution in [2.75, 3.05) is 5.88 Å². The minimum atomic E-state index is 0.610. The Hall–Kier alpha value is -0.570. The molecule has 0 unspecified atom stereocenters. The van der Waals surface area contributed by atoms with E-state index in [4.69, 9.17) is 11.6 Å². The molecule has 0 spiro atoms. The molecule has 0 radical (unpaired) electrons.